The van der Waals surface area contributed by atoms with Gasteiger partial charge in [0.15, 0.2) is 0 Å². The Morgan fingerprint density at radius 2 is 2.00 bits per heavy atom. The van der Waals surface area contributed by atoms with Crippen LogP contribution in [-0.4, -0.2) is 11.9 Å². The Bertz CT molecular complexity index is 179. The smallest absolute Gasteiger partial charge is 0.299 e. The van der Waals surface area contributed by atoms with Crippen molar-refractivity contribution in [3.05, 3.63) is 0 Å². The molecule has 3 heteroatoms. The fourth-order valence-electron chi connectivity index (χ4n) is 1.47. The van der Waals surface area contributed by atoms with Gasteiger partial charge in [-0.1, -0.05) is 0 Å². The normalized spacial score (nSPS) is 33.4. The van der Waals surface area contributed by atoms with Crippen molar-refractivity contribution in [2.24, 2.45) is 11.8 Å². The standard InChI is InChI=1S/C6H8O.CO2/c7-6-2-1-4-3-5(4)6;2-1-3/h4-5H,1-3H2;/t4-,5+;/m0./s1. The molecule has 0 bridgehead atoms. The van der Waals surface area contributed by atoms with Crippen LogP contribution in [0.25, 0.3) is 0 Å². The van der Waals surface area contributed by atoms with Crippen molar-refractivity contribution >= 4 is 11.9 Å². The van der Waals surface area contributed by atoms with Crippen molar-refractivity contribution in [2.45, 2.75) is 19.3 Å². The minimum atomic E-state index is 0.250. The van der Waals surface area contributed by atoms with Gasteiger partial charge in [0.1, 0.15) is 5.78 Å². The van der Waals surface area contributed by atoms with Gasteiger partial charge in [-0.05, 0) is 18.8 Å². The van der Waals surface area contributed by atoms with Crippen LogP contribution in [0.15, 0.2) is 0 Å². The summed E-state index contributed by atoms with van der Waals surface area (Å²) < 4.78 is 0. The van der Waals surface area contributed by atoms with Crippen molar-refractivity contribution in [1.82, 2.24) is 0 Å². The molecule has 0 aliphatic heterocycles. The molecule has 0 unspecified atom stereocenters. The second kappa shape index (κ2) is 2.76. The SMILES string of the molecule is O=C1CC[C@H]2C[C@@H]12.O=C=O. The highest BCUT2D eigenvalue weighted by molar-refractivity contribution is 5.86. The zero-order valence-electron chi connectivity index (χ0n) is 5.50. The van der Waals surface area contributed by atoms with Gasteiger partial charge in [-0.15, -0.1) is 0 Å². The lowest BCUT2D eigenvalue weighted by atomic mass is 10.2. The molecule has 0 N–H and O–H groups in total. The molecule has 2 atom stereocenters. The highest BCUT2D eigenvalue weighted by Gasteiger charge is 2.47. The van der Waals surface area contributed by atoms with Crippen LogP contribution in [0.4, 0.5) is 0 Å². The monoisotopic (exact) mass is 140 g/mol. The van der Waals surface area contributed by atoms with Gasteiger partial charge >= 0.3 is 6.15 Å². The Kier molecular flexibility index (Phi) is 1.97. The van der Waals surface area contributed by atoms with Gasteiger partial charge < -0.3 is 0 Å². The van der Waals surface area contributed by atoms with E-state index in [4.69, 9.17) is 9.59 Å². The number of hydrogen-bond acceptors (Lipinski definition) is 3. The third-order valence-corrected chi connectivity index (χ3v) is 2.10. The summed E-state index contributed by atoms with van der Waals surface area (Å²) in [5.74, 6) is 1.91. The van der Waals surface area contributed by atoms with Gasteiger partial charge in [0.05, 0.1) is 0 Å². The van der Waals surface area contributed by atoms with Gasteiger partial charge in [-0.3, -0.25) is 4.79 Å². The van der Waals surface area contributed by atoms with Crippen LogP contribution in [0.2, 0.25) is 0 Å². The molecule has 0 amide bonds. The van der Waals surface area contributed by atoms with Crippen LogP contribution >= 0.6 is 0 Å². The quantitative estimate of drug-likeness (QED) is 0.489. The van der Waals surface area contributed by atoms with E-state index in [9.17, 15) is 4.79 Å². The predicted octanol–water partition coefficient (Wildman–Crippen LogP) is 0.402. The molecule has 0 heterocycles. The van der Waals surface area contributed by atoms with Crippen molar-refractivity contribution in [2.75, 3.05) is 0 Å². The Morgan fingerprint density at radius 3 is 2.10 bits per heavy atom. The summed E-state index contributed by atoms with van der Waals surface area (Å²) in [4.78, 5) is 26.9. The molecule has 0 aromatic heterocycles. The first-order valence-electron chi connectivity index (χ1n) is 3.31. The van der Waals surface area contributed by atoms with Gasteiger partial charge in [-0.2, -0.15) is 9.59 Å². The summed E-state index contributed by atoms with van der Waals surface area (Å²) in [6.07, 6.45) is 3.55. The second-order valence-corrected chi connectivity index (χ2v) is 2.69. The van der Waals surface area contributed by atoms with E-state index in [0.717, 1.165) is 12.3 Å². The molecule has 0 aromatic rings. The predicted molar refractivity (Wildman–Crippen MR) is 30.8 cm³/mol. The highest BCUT2D eigenvalue weighted by atomic mass is 16.2. The lowest BCUT2D eigenvalue weighted by Gasteiger charge is -1.82. The number of hydrogen-bond donors (Lipinski definition) is 0. The van der Waals surface area contributed by atoms with E-state index in [0.29, 0.717) is 11.7 Å². The second-order valence-electron chi connectivity index (χ2n) is 2.69. The first kappa shape index (κ1) is 7.16. The van der Waals surface area contributed by atoms with Gasteiger partial charge in [0.25, 0.3) is 0 Å². The lowest BCUT2D eigenvalue weighted by molar-refractivity contribution is -0.191. The maximum atomic E-state index is 10.6. The molecule has 3 nitrogen and oxygen atoms in total. The number of rotatable bonds is 0. The molecular formula is C7H8O3. The summed E-state index contributed by atoms with van der Waals surface area (Å²) in [5.41, 5.74) is 0. The number of carbonyl (C=O) groups excluding carboxylic acids is 3. The lowest BCUT2D eigenvalue weighted by Crippen LogP contribution is -1.91. The molecule has 2 saturated carbocycles. The number of fused-ring (bicyclic) bond motifs is 1. The Hall–Kier alpha value is -0.950. The highest BCUT2D eigenvalue weighted by Crippen LogP contribution is 2.49. The summed E-state index contributed by atoms with van der Waals surface area (Å²) in [5, 5.41) is 0. The zero-order chi connectivity index (χ0) is 7.56. The van der Waals surface area contributed by atoms with Crippen LogP contribution in [0.1, 0.15) is 19.3 Å². The third kappa shape index (κ3) is 1.31. The summed E-state index contributed by atoms with van der Waals surface area (Å²) in [6.45, 7) is 0. The molecule has 54 valence electrons. The molecule has 2 aliphatic rings. The van der Waals surface area contributed by atoms with Crippen LogP contribution in [-0.2, 0) is 14.4 Å². The minimum Gasteiger partial charge on any atom is -0.299 e. The Balaban J connectivity index is 0.000000148. The van der Waals surface area contributed by atoms with E-state index >= 15 is 0 Å². The van der Waals surface area contributed by atoms with Gasteiger partial charge in [0, 0.05) is 12.3 Å². The molecule has 2 rings (SSSR count). The fraction of sp³-hybridized carbons (Fsp3) is 0.714. The van der Waals surface area contributed by atoms with E-state index < -0.39 is 0 Å². The Morgan fingerprint density at radius 1 is 1.40 bits per heavy atom. The zero-order valence-corrected chi connectivity index (χ0v) is 5.50. The molecular weight excluding hydrogens is 132 g/mol. The molecule has 10 heavy (non-hydrogen) atoms. The van der Waals surface area contributed by atoms with Crippen LogP contribution < -0.4 is 0 Å². The van der Waals surface area contributed by atoms with Crippen molar-refractivity contribution in [3.63, 3.8) is 0 Å². The molecule has 0 spiro atoms. The van der Waals surface area contributed by atoms with Crippen LogP contribution in [0.5, 0.6) is 0 Å². The van der Waals surface area contributed by atoms with E-state index in [-0.39, 0.29) is 6.15 Å². The largest absolute Gasteiger partial charge is 0.373 e. The van der Waals surface area contributed by atoms with E-state index in [2.05, 4.69) is 0 Å². The molecule has 2 fully saturated rings. The van der Waals surface area contributed by atoms with Crippen LogP contribution in [0.3, 0.4) is 0 Å². The molecule has 0 radical (unpaired) electrons. The maximum absolute atomic E-state index is 10.6. The van der Waals surface area contributed by atoms with Crippen molar-refractivity contribution < 1.29 is 14.4 Å². The maximum Gasteiger partial charge on any atom is 0.373 e. The first-order valence-corrected chi connectivity index (χ1v) is 3.31. The summed E-state index contributed by atoms with van der Waals surface area (Å²) in [6, 6.07) is 0. The van der Waals surface area contributed by atoms with E-state index in [1.807, 2.05) is 0 Å². The van der Waals surface area contributed by atoms with Gasteiger partial charge in [-0.25, -0.2) is 0 Å². The van der Waals surface area contributed by atoms with Crippen molar-refractivity contribution in [1.29, 1.82) is 0 Å². The van der Waals surface area contributed by atoms with Gasteiger partial charge in [0.2, 0.25) is 0 Å². The topological polar surface area (TPSA) is 51.2 Å². The molecule has 0 saturated heterocycles. The van der Waals surface area contributed by atoms with Crippen LogP contribution in [0, 0.1) is 11.8 Å². The fourth-order valence-corrected chi connectivity index (χ4v) is 1.47. The number of Topliss-reactive ketones (excluding diaryl/α,β-unsaturated/α-hetero) is 1. The minimum absolute atomic E-state index is 0.250. The van der Waals surface area contributed by atoms with E-state index in [1.54, 1.807) is 0 Å². The molecule has 0 aromatic carbocycles. The first-order chi connectivity index (χ1) is 4.79. The summed E-state index contributed by atoms with van der Waals surface area (Å²) in [7, 11) is 0. The average molecular weight is 140 g/mol. The van der Waals surface area contributed by atoms with E-state index in [1.165, 1.54) is 12.8 Å². The Labute approximate surface area is 58.4 Å². The summed E-state index contributed by atoms with van der Waals surface area (Å²) >= 11 is 0. The third-order valence-electron chi connectivity index (χ3n) is 2.10. The number of ketones is 1. The molecule has 2 aliphatic carbocycles. The number of carbonyl (C=O) groups is 1. The van der Waals surface area contributed by atoms with Crippen molar-refractivity contribution in [3.8, 4) is 0 Å². The average Bonchev–Trinajstić information content (AvgIpc) is 2.57.